The van der Waals surface area contributed by atoms with Crippen molar-refractivity contribution in [2.75, 3.05) is 13.7 Å². The molecule has 1 aromatic heterocycles. The highest BCUT2D eigenvalue weighted by atomic mass is 35.5. The second kappa shape index (κ2) is 7.45. The van der Waals surface area contributed by atoms with Crippen LogP contribution < -0.4 is 9.47 Å². The normalized spacial score (nSPS) is 11.2. The van der Waals surface area contributed by atoms with Gasteiger partial charge in [0.2, 0.25) is 5.88 Å². The molecular formula is C18H16ClN3O4. The van der Waals surface area contributed by atoms with Gasteiger partial charge in [-0.05, 0) is 42.5 Å². The molecule has 134 valence electrons. The first-order chi connectivity index (χ1) is 12.5. The van der Waals surface area contributed by atoms with Crippen LogP contribution >= 0.6 is 11.6 Å². The van der Waals surface area contributed by atoms with Gasteiger partial charge in [0.25, 0.3) is 0 Å². The molecule has 0 atom stereocenters. The quantitative estimate of drug-likeness (QED) is 0.678. The third-order valence-corrected chi connectivity index (χ3v) is 4.04. The molecule has 1 heterocycles. The Hall–Kier alpha value is -3.06. The Kier molecular flexibility index (Phi) is 5.09. The van der Waals surface area contributed by atoms with Crippen LogP contribution in [0.15, 0.2) is 52.7 Å². The number of hydrogen-bond donors (Lipinski definition) is 1. The molecule has 2 aromatic carbocycles. The van der Waals surface area contributed by atoms with E-state index in [1.165, 1.54) is 0 Å². The van der Waals surface area contributed by atoms with Gasteiger partial charge in [0.15, 0.2) is 12.3 Å². The molecule has 1 amide bonds. The first kappa shape index (κ1) is 17.8. The van der Waals surface area contributed by atoms with Gasteiger partial charge in [-0.2, -0.15) is 0 Å². The van der Waals surface area contributed by atoms with Gasteiger partial charge < -0.3 is 19.1 Å². The van der Waals surface area contributed by atoms with E-state index in [1.54, 1.807) is 61.2 Å². The summed E-state index contributed by atoms with van der Waals surface area (Å²) in [5.41, 5.74) is 0.934. The molecule has 3 aromatic rings. The Bertz CT molecular complexity index is 980. The predicted octanol–water partition coefficient (Wildman–Crippen LogP) is 4.24. The van der Waals surface area contributed by atoms with Gasteiger partial charge >= 0.3 is 5.91 Å². The minimum Gasteiger partial charge on any atom is -0.497 e. The first-order valence-corrected chi connectivity index (χ1v) is 8.05. The van der Waals surface area contributed by atoms with Crippen LogP contribution in [0.5, 0.6) is 17.4 Å². The molecule has 0 aliphatic carbocycles. The van der Waals surface area contributed by atoms with Crippen molar-refractivity contribution in [3.63, 3.8) is 0 Å². The van der Waals surface area contributed by atoms with Crippen LogP contribution in [0.4, 0.5) is 5.69 Å². The van der Waals surface area contributed by atoms with Gasteiger partial charge in [0, 0.05) is 17.5 Å². The highest BCUT2D eigenvalue weighted by Crippen LogP contribution is 2.39. The fraction of sp³-hybridized carbons (Fsp3) is 0.167. The van der Waals surface area contributed by atoms with Crippen molar-refractivity contribution < 1.29 is 19.4 Å². The number of fused-ring (bicyclic) bond motifs is 1. The van der Waals surface area contributed by atoms with Gasteiger partial charge in [0.1, 0.15) is 11.5 Å². The minimum atomic E-state index is -0.584. The van der Waals surface area contributed by atoms with E-state index >= 15 is 0 Å². The Morgan fingerprint density at radius 2 is 1.88 bits per heavy atom. The monoisotopic (exact) mass is 373 g/mol. The molecule has 0 saturated heterocycles. The summed E-state index contributed by atoms with van der Waals surface area (Å²) in [5.74, 6) is 0.426. The van der Waals surface area contributed by atoms with Crippen LogP contribution in [0.3, 0.4) is 0 Å². The number of aromatic nitrogens is 1. The Morgan fingerprint density at radius 3 is 2.58 bits per heavy atom. The molecule has 0 aliphatic rings. The summed E-state index contributed by atoms with van der Waals surface area (Å²) < 4.78 is 12.1. The lowest BCUT2D eigenvalue weighted by atomic mass is 10.2. The van der Waals surface area contributed by atoms with Crippen molar-refractivity contribution in [3.8, 4) is 17.4 Å². The number of carbonyl (C=O) groups is 1. The number of hydrogen-bond acceptors (Lipinski definition) is 5. The maximum Gasteiger partial charge on any atom is 0.302 e. The van der Waals surface area contributed by atoms with Gasteiger partial charge in [-0.25, -0.2) is 0 Å². The molecular weight excluding hydrogens is 358 g/mol. The minimum absolute atomic E-state index is 0.0941. The molecule has 3 rings (SSSR count). The maximum atomic E-state index is 11.9. The Labute approximate surface area is 154 Å². The summed E-state index contributed by atoms with van der Waals surface area (Å²) in [5, 5.41) is 19.0. The zero-order chi connectivity index (χ0) is 18.7. The van der Waals surface area contributed by atoms with Crippen molar-refractivity contribution in [2.45, 2.75) is 0 Å². The van der Waals surface area contributed by atoms with E-state index in [2.05, 4.69) is 10.2 Å². The molecule has 26 heavy (non-hydrogen) atoms. The van der Waals surface area contributed by atoms with Crippen LogP contribution in [-0.2, 0) is 11.8 Å². The summed E-state index contributed by atoms with van der Waals surface area (Å²) in [6.07, 6.45) is 0. The van der Waals surface area contributed by atoms with Crippen LogP contribution in [0, 0.1) is 0 Å². The van der Waals surface area contributed by atoms with Gasteiger partial charge in [-0.15, -0.1) is 10.2 Å². The fourth-order valence-corrected chi connectivity index (χ4v) is 2.55. The van der Waals surface area contributed by atoms with E-state index in [4.69, 9.17) is 21.1 Å². The molecule has 8 heteroatoms. The number of nitrogens with zero attached hydrogens (tertiary/aromatic N) is 3. The standard InChI is InChI=1S/C18H16ClN3O4/c1-22-15-8-7-13(25-2)9-14(15)17(18(22)24)21-20-16(23)10-26-12-5-3-11(19)4-6-12/h3-9,24H,10H2,1-2H3. The second-order valence-corrected chi connectivity index (χ2v) is 5.89. The summed E-state index contributed by atoms with van der Waals surface area (Å²) in [7, 11) is 3.23. The van der Waals surface area contributed by atoms with Crippen LogP contribution in [0.25, 0.3) is 10.9 Å². The molecule has 0 saturated carbocycles. The topological polar surface area (TPSA) is 85.4 Å². The fourth-order valence-electron chi connectivity index (χ4n) is 2.43. The number of aryl methyl sites for hydroxylation is 1. The highest BCUT2D eigenvalue weighted by molar-refractivity contribution is 6.30. The second-order valence-electron chi connectivity index (χ2n) is 5.45. The van der Waals surface area contributed by atoms with Crippen molar-refractivity contribution in [3.05, 3.63) is 47.5 Å². The summed E-state index contributed by atoms with van der Waals surface area (Å²) in [6.45, 7) is -0.278. The zero-order valence-corrected chi connectivity index (χ0v) is 14.9. The average molecular weight is 374 g/mol. The zero-order valence-electron chi connectivity index (χ0n) is 14.1. The lowest BCUT2D eigenvalue weighted by Crippen LogP contribution is -2.07. The number of aromatic hydroxyl groups is 1. The van der Waals surface area contributed by atoms with Crippen LogP contribution in [0.1, 0.15) is 0 Å². The third kappa shape index (κ3) is 3.62. The molecule has 0 aliphatic heterocycles. The van der Waals surface area contributed by atoms with E-state index in [0.29, 0.717) is 21.9 Å². The number of azo groups is 1. The molecule has 0 bridgehead atoms. The van der Waals surface area contributed by atoms with E-state index in [0.717, 1.165) is 5.52 Å². The molecule has 0 radical (unpaired) electrons. The number of benzene rings is 2. The number of amides is 1. The number of rotatable bonds is 5. The molecule has 0 spiro atoms. The molecule has 0 fully saturated rings. The lowest BCUT2D eigenvalue weighted by Gasteiger charge is -2.02. The summed E-state index contributed by atoms with van der Waals surface area (Å²) in [6, 6.07) is 11.9. The number of ether oxygens (including phenoxy) is 2. The molecule has 7 nitrogen and oxygen atoms in total. The Morgan fingerprint density at radius 1 is 1.19 bits per heavy atom. The van der Waals surface area contributed by atoms with E-state index in [9.17, 15) is 9.90 Å². The van der Waals surface area contributed by atoms with Crippen LogP contribution in [-0.4, -0.2) is 29.3 Å². The van der Waals surface area contributed by atoms with E-state index in [-0.39, 0.29) is 18.2 Å². The number of halogens is 1. The maximum absolute atomic E-state index is 11.9. The molecule has 0 unspecified atom stereocenters. The van der Waals surface area contributed by atoms with Gasteiger partial charge in [-0.1, -0.05) is 11.6 Å². The lowest BCUT2D eigenvalue weighted by molar-refractivity contribution is -0.120. The van der Waals surface area contributed by atoms with Crippen molar-refractivity contribution >= 4 is 34.1 Å². The van der Waals surface area contributed by atoms with Crippen molar-refractivity contribution in [1.82, 2.24) is 4.57 Å². The number of carbonyl (C=O) groups excluding carboxylic acids is 1. The van der Waals surface area contributed by atoms with Gasteiger partial charge in [0.05, 0.1) is 12.6 Å². The van der Waals surface area contributed by atoms with E-state index < -0.39 is 5.91 Å². The van der Waals surface area contributed by atoms with E-state index in [1.807, 2.05) is 0 Å². The van der Waals surface area contributed by atoms with Crippen molar-refractivity contribution in [2.24, 2.45) is 17.3 Å². The smallest absolute Gasteiger partial charge is 0.302 e. The SMILES string of the molecule is COc1ccc2c(c1)c(N=NC(=O)COc1ccc(Cl)cc1)c(O)n2C. The number of methoxy groups -OCH3 is 1. The largest absolute Gasteiger partial charge is 0.497 e. The summed E-state index contributed by atoms with van der Waals surface area (Å²) in [4.78, 5) is 11.9. The average Bonchev–Trinajstić information content (AvgIpc) is 2.89. The third-order valence-electron chi connectivity index (χ3n) is 3.79. The predicted molar refractivity (Wildman–Crippen MR) is 97.6 cm³/mol. The molecule has 1 N–H and O–H groups in total. The highest BCUT2D eigenvalue weighted by Gasteiger charge is 2.15. The van der Waals surface area contributed by atoms with Crippen molar-refractivity contribution in [1.29, 1.82) is 0 Å². The Balaban J connectivity index is 1.78. The first-order valence-electron chi connectivity index (χ1n) is 7.68. The van der Waals surface area contributed by atoms with Crippen LogP contribution in [0.2, 0.25) is 5.02 Å². The summed E-state index contributed by atoms with van der Waals surface area (Å²) >= 11 is 5.79. The van der Waals surface area contributed by atoms with Gasteiger partial charge in [-0.3, -0.25) is 4.79 Å².